The topological polar surface area (TPSA) is 12.2 Å². The van der Waals surface area contributed by atoms with Gasteiger partial charge >= 0.3 is 0 Å². The molecule has 108 valence electrons. The average molecular weight is 255 g/mol. The molecule has 1 fully saturated rings. The molecule has 1 heterocycles. The largest absolute Gasteiger partial charge is 0.299 e. The van der Waals surface area contributed by atoms with Crippen molar-refractivity contribution in [2.24, 2.45) is 0 Å². The summed E-state index contributed by atoms with van der Waals surface area (Å²) in [5.74, 6) is 0. The molecule has 2 unspecified atom stereocenters. The van der Waals surface area contributed by atoms with Gasteiger partial charge in [0.1, 0.15) is 0 Å². The third kappa shape index (κ3) is 8.93. The molecule has 2 heteroatoms. The molecule has 1 aliphatic rings. The molecule has 0 aromatic rings. The average Bonchev–Trinajstić information content (AvgIpc) is 3.07. The highest BCUT2D eigenvalue weighted by molar-refractivity contribution is 4.76. The van der Waals surface area contributed by atoms with E-state index in [-0.39, 0.29) is 0 Å². The first kappa shape index (κ1) is 16.0. The van der Waals surface area contributed by atoms with E-state index in [4.69, 9.17) is 4.84 Å². The molecule has 0 N–H and O–H groups in total. The summed E-state index contributed by atoms with van der Waals surface area (Å²) in [6.07, 6.45) is 15.4. The molecule has 18 heavy (non-hydrogen) atoms. The van der Waals surface area contributed by atoms with Crippen molar-refractivity contribution in [1.29, 1.82) is 0 Å². The zero-order chi connectivity index (χ0) is 13.1. The van der Waals surface area contributed by atoms with Crippen LogP contribution in [0.4, 0.5) is 0 Å². The zero-order valence-corrected chi connectivity index (χ0v) is 12.6. The van der Waals surface area contributed by atoms with Gasteiger partial charge in [0.25, 0.3) is 0 Å². The predicted molar refractivity (Wildman–Crippen MR) is 78.6 cm³/mol. The van der Waals surface area contributed by atoms with Crippen LogP contribution in [-0.4, -0.2) is 24.3 Å². The van der Waals surface area contributed by atoms with Crippen molar-refractivity contribution in [1.82, 2.24) is 5.06 Å². The molecule has 0 radical (unpaired) electrons. The second-order valence-corrected chi connectivity index (χ2v) is 5.82. The van der Waals surface area contributed by atoms with E-state index in [0.29, 0.717) is 6.04 Å². The van der Waals surface area contributed by atoms with E-state index in [0.717, 1.165) is 13.2 Å². The fourth-order valence-corrected chi connectivity index (χ4v) is 2.34. The first-order valence-electron chi connectivity index (χ1n) is 8.24. The van der Waals surface area contributed by atoms with E-state index in [2.05, 4.69) is 18.9 Å². The monoisotopic (exact) mass is 255 g/mol. The summed E-state index contributed by atoms with van der Waals surface area (Å²) in [5.41, 5.74) is 0. The Bertz CT molecular complexity index is 184. The van der Waals surface area contributed by atoms with Gasteiger partial charge in [0.15, 0.2) is 0 Å². The Kier molecular flexibility index (Phi) is 9.59. The van der Waals surface area contributed by atoms with Crippen LogP contribution < -0.4 is 0 Å². The maximum atomic E-state index is 5.58. The summed E-state index contributed by atoms with van der Waals surface area (Å²) in [4.78, 5) is 5.58. The molecule has 2 nitrogen and oxygen atoms in total. The van der Waals surface area contributed by atoms with E-state index < -0.39 is 0 Å². The van der Waals surface area contributed by atoms with Gasteiger partial charge < -0.3 is 0 Å². The minimum absolute atomic E-state index is 0.678. The second-order valence-electron chi connectivity index (χ2n) is 5.82. The van der Waals surface area contributed by atoms with Gasteiger partial charge in [-0.3, -0.25) is 4.84 Å². The van der Waals surface area contributed by atoms with Gasteiger partial charge in [-0.25, -0.2) is 0 Å². The molecule has 0 aromatic heterocycles. The van der Waals surface area contributed by atoms with Crippen LogP contribution in [0.3, 0.4) is 0 Å². The van der Waals surface area contributed by atoms with Crippen molar-refractivity contribution < 1.29 is 4.84 Å². The molecule has 1 saturated heterocycles. The Morgan fingerprint density at radius 1 is 0.833 bits per heavy atom. The summed E-state index contributed by atoms with van der Waals surface area (Å²) in [5, 5.41) is 2.08. The maximum absolute atomic E-state index is 5.58. The molecule has 1 aliphatic heterocycles. The van der Waals surface area contributed by atoms with Crippen LogP contribution in [0.15, 0.2) is 0 Å². The minimum Gasteiger partial charge on any atom is -0.299 e. The van der Waals surface area contributed by atoms with E-state index in [9.17, 15) is 0 Å². The maximum Gasteiger partial charge on any atom is 0.0685 e. The van der Waals surface area contributed by atoms with E-state index >= 15 is 0 Å². The van der Waals surface area contributed by atoms with Gasteiger partial charge in [-0.05, 0) is 13.3 Å². The SMILES string of the molecule is CCCCCCCCCCCCCON1CC1C. The van der Waals surface area contributed by atoms with Crippen molar-refractivity contribution in [3.8, 4) is 0 Å². The summed E-state index contributed by atoms with van der Waals surface area (Å²) < 4.78 is 0. The Hall–Kier alpha value is -0.0800. The smallest absolute Gasteiger partial charge is 0.0685 e. The fraction of sp³-hybridized carbons (Fsp3) is 1.00. The van der Waals surface area contributed by atoms with Crippen LogP contribution in [0.5, 0.6) is 0 Å². The third-order valence-corrected chi connectivity index (χ3v) is 3.81. The number of nitrogens with zero attached hydrogens (tertiary/aromatic N) is 1. The van der Waals surface area contributed by atoms with Gasteiger partial charge in [0.2, 0.25) is 0 Å². The number of unbranched alkanes of at least 4 members (excludes halogenated alkanes) is 10. The lowest BCUT2D eigenvalue weighted by Crippen LogP contribution is -2.03. The fourth-order valence-electron chi connectivity index (χ4n) is 2.34. The lowest BCUT2D eigenvalue weighted by molar-refractivity contribution is -0.0751. The summed E-state index contributed by atoms with van der Waals surface area (Å²) in [6.45, 7) is 6.56. The molecule has 0 amide bonds. The van der Waals surface area contributed by atoms with Gasteiger partial charge in [-0.1, -0.05) is 71.1 Å². The molecule has 0 aliphatic carbocycles. The summed E-state index contributed by atoms with van der Waals surface area (Å²) in [6, 6.07) is 0.678. The molecule has 0 aromatic carbocycles. The van der Waals surface area contributed by atoms with Gasteiger partial charge in [0, 0.05) is 12.6 Å². The normalized spacial score (nSPS) is 22.3. The van der Waals surface area contributed by atoms with Crippen molar-refractivity contribution in [3.63, 3.8) is 0 Å². The Morgan fingerprint density at radius 2 is 1.28 bits per heavy atom. The lowest BCUT2D eigenvalue weighted by Gasteiger charge is -2.04. The second kappa shape index (κ2) is 10.8. The van der Waals surface area contributed by atoms with Crippen molar-refractivity contribution in [2.45, 2.75) is 90.5 Å². The van der Waals surface area contributed by atoms with E-state index in [1.807, 2.05) is 0 Å². The quantitative estimate of drug-likeness (QED) is 0.341. The zero-order valence-electron chi connectivity index (χ0n) is 12.6. The van der Waals surface area contributed by atoms with Crippen LogP contribution in [0, 0.1) is 0 Å². The molecule has 1 rings (SSSR count). The third-order valence-electron chi connectivity index (χ3n) is 3.81. The molecular weight excluding hydrogens is 222 g/mol. The first-order valence-corrected chi connectivity index (χ1v) is 8.24. The number of rotatable bonds is 13. The molecule has 0 saturated carbocycles. The van der Waals surface area contributed by atoms with E-state index in [1.54, 1.807) is 0 Å². The van der Waals surface area contributed by atoms with Crippen LogP contribution >= 0.6 is 0 Å². The Labute approximate surface area is 114 Å². The van der Waals surface area contributed by atoms with Crippen molar-refractivity contribution in [3.05, 3.63) is 0 Å². The predicted octanol–water partition coefficient (Wildman–Crippen LogP) is 4.93. The molecule has 0 bridgehead atoms. The van der Waals surface area contributed by atoms with Crippen LogP contribution in [-0.2, 0) is 4.84 Å². The highest BCUT2D eigenvalue weighted by atomic mass is 16.7. The molecular formula is C16H33NO. The number of hydroxylamine groups is 2. The highest BCUT2D eigenvalue weighted by Gasteiger charge is 2.29. The standard InChI is InChI=1S/C16H33NO/c1-3-4-5-6-7-8-9-10-11-12-13-14-18-17-15-16(17)2/h16H,3-15H2,1-2H3. The van der Waals surface area contributed by atoms with Gasteiger partial charge in [0.05, 0.1) is 6.61 Å². The van der Waals surface area contributed by atoms with Gasteiger partial charge in [-0.2, -0.15) is 5.06 Å². The number of hydrogen-bond donors (Lipinski definition) is 0. The summed E-state index contributed by atoms with van der Waals surface area (Å²) in [7, 11) is 0. The Balaban J connectivity index is 1.63. The lowest BCUT2D eigenvalue weighted by atomic mass is 10.1. The molecule has 2 atom stereocenters. The van der Waals surface area contributed by atoms with Crippen molar-refractivity contribution >= 4 is 0 Å². The first-order chi connectivity index (χ1) is 8.84. The minimum atomic E-state index is 0.678. The van der Waals surface area contributed by atoms with Crippen LogP contribution in [0.25, 0.3) is 0 Å². The highest BCUT2D eigenvalue weighted by Crippen LogP contribution is 2.17. The van der Waals surface area contributed by atoms with Crippen LogP contribution in [0.2, 0.25) is 0 Å². The summed E-state index contributed by atoms with van der Waals surface area (Å²) >= 11 is 0. The van der Waals surface area contributed by atoms with Gasteiger partial charge in [-0.15, -0.1) is 0 Å². The molecule has 0 spiro atoms. The number of hydrogen-bond acceptors (Lipinski definition) is 2. The van der Waals surface area contributed by atoms with Crippen LogP contribution in [0.1, 0.15) is 84.5 Å². The van der Waals surface area contributed by atoms with E-state index in [1.165, 1.54) is 70.6 Å². The Morgan fingerprint density at radius 3 is 1.72 bits per heavy atom. The van der Waals surface area contributed by atoms with Crippen molar-refractivity contribution in [2.75, 3.05) is 13.2 Å².